The highest BCUT2D eigenvalue weighted by molar-refractivity contribution is 7.13. The number of hydrogen-bond donors (Lipinski definition) is 2. The highest BCUT2D eigenvalue weighted by Crippen LogP contribution is 2.34. The number of anilines is 2. The molecule has 1 aromatic heterocycles. The number of amides is 3. The fourth-order valence-electron chi connectivity index (χ4n) is 3.36. The average molecular weight is 478 g/mol. The molecule has 0 radical (unpaired) electrons. The van der Waals surface area contributed by atoms with E-state index in [2.05, 4.69) is 20.8 Å². The number of nitrogens with one attached hydrogen (secondary N) is 2. The highest BCUT2D eigenvalue weighted by atomic mass is 35.5. The van der Waals surface area contributed by atoms with E-state index in [0.717, 1.165) is 35.5 Å². The van der Waals surface area contributed by atoms with Crippen molar-refractivity contribution in [3.05, 3.63) is 68.6 Å². The lowest BCUT2D eigenvalue weighted by atomic mass is 10.2. The van der Waals surface area contributed by atoms with Crippen molar-refractivity contribution in [1.82, 2.24) is 15.1 Å². The summed E-state index contributed by atoms with van der Waals surface area (Å²) < 4.78 is 26.8. The van der Waals surface area contributed by atoms with Gasteiger partial charge in [-0.2, -0.15) is 0 Å². The van der Waals surface area contributed by atoms with Crippen LogP contribution in [0.1, 0.15) is 39.3 Å². The van der Waals surface area contributed by atoms with Gasteiger partial charge in [-0.05, 0) is 49.6 Å². The molecular formula is C21H18ClF2N5O2S. The molecule has 1 aliphatic heterocycles. The molecule has 11 heteroatoms. The van der Waals surface area contributed by atoms with Gasteiger partial charge in [-0.1, -0.05) is 29.0 Å². The first-order chi connectivity index (χ1) is 15.3. The van der Waals surface area contributed by atoms with E-state index in [9.17, 15) is 18.4 Å². The lowest BCUT2D eigenvalue weighted by molar-refractivity contribution is 0.102. The van der Waals surface area contributed by atoms with Gasteiger partial charge in [-0.15, -0.1) is 10.2 Å². The Morgan fingerprint density at radius 3 is 2.72 bits per heavy atom. The number of likely N-dealkylation sites (tertiary alicyclic amines) is 1. The third-order valence-electron chi connectivity index (χ3n) is 5.04. The molecule has 1 fully saturated rings. The van der Waals surface area contributed by atoms with Gasteiger partial charge in [0.15, 0.2) is 0 Å². The number of benzene rings is 2. The molecular weight excluding hydrogens is 460 g/mol. The van der Waals surface area contributed by atoms with Crippen LogP contribution in [0.15, 0.2) is 36.4 Å². The van der Waals surface area contributed by atoms with E-state index in [-0.39, 0.29) is 22.8 Å². The molecule has 0 spiro atoms. The fourth-order valence-corrected chi connectivity index (χ4v) is 4.43. The van der Waals surface area contributed by atoms with Crippen LogP contribution in [0.4, 0.5) is 25.0 Å². The van der Waals surface area contributed by atoms with Crippen molar-refractivity contribution in [2.45, 2.75) is 25.8 Å². The van der Waals surface area contributed by atoms with Gasteiger partial charge in [-0.25, -0.2) is 13.6 Å². The lowest BCUT2D eigenvalue weighted by Crippen LogP contribution is -2.34. The molecule has 0 saturated carbocycles. The maximum atomic E-state index is 13.8. The maximum absolute atomic E-state index is 13.8. The summed E-state index contributed by atoms with van der Waals surface area (Å²) >= 11 is 7.15. The van der Waals surface area contributed by atoms with Crippen molar-refractivity contribution in [1.29, 1.82) is 0 Å². The van der Waals surface area contributed by atoms with E-state index in [1.807, 2.05) is 13.0 Å². The van der Waals surface area contributed by atoms with Gasteiger partial charge in [-0.3, -0.25) is 4.79 Å². The number of halogens is 3. The predicted octanol–water partition coefficient (Wildman–Crippen LogP) is 5.40. The number of urea groups is 1. The summed E-state index contributed by atoms with van der Waals surface area (Å²) in [5.41, 5.74) is 1.32. The number of aromatic nitrogens is 2. The number of carbonyl (C=O) groups is 2. The SMILES string of the molecule is Cc1ccc(NC(=O)N2CCCC2c2nnc(C(=O)Nc3ccc(F)cc3F)s2)cc1Cl. The third kappa shape index (κ3) is 4.71. The van der Waals surface area contributed by atoms with Crippen molar-refractivity contribution < 1.29 is 18.4 Å². The van der Waals surface area contributed by atoms with Crippen molar-refractivity contribution in [3.63, 3.8) is 0 Å². The van der Waals surface area contributed by atoms with E-state index in [4.69, 9.17) is 11.6 Å². The predicted molar refractivity (Wildman–Crippen MR) is 118 cm³/mol. The molecule has 1 atom stereocenters. The van der Waals surface area contributed by atoms with E-state index in [1.165, 1.54) is 0 Å². The first kappa shape index (κ1) is 22.1. The van der Waals surface area contributed by atoms with Gasteiger partial charge >= 0.3 is 6.03 Å². The van der Waals surface area contributed by atoms with Crippen LogP contribution in [0.2, 0.25) is 5.02 Å². The molecule has 1 saturated heterocycles. The topological polar surface area (TPSA) is 87.2 Å². The number of hydrogen-bond acceptors (Lipinski definition) is 5. The number of aryl methyl sites for hydroxylation is 1. The molecule has 7 nitrogen and oxygen atoms in total. The van der Waals surface area contributed by atoms with Crippen molar-refractivity contribution in [3.8, 4) is 0 Å². The quantitative estimate of drug-likeness (QED) is 0.526. The van der Waals surface area contributed by atoms with Crippen LogP contribution in [0.3, 0.4) is 0 Å². The van der Waals surface area contributed by atoms with Crippen molar-refractivity contribution in [2.75, 3.05) is 17.2 Å². The highest BCUT2D eigenvalue weighted by Gasteiger charge is 2.33. The molecule has 0 bridgehead atoms. The lowest BCUT2D eigenvalue weighted by Gasteiger charge is -2.23. The molecule has 3 amide bonds. The summed E-state index contributed by atoms with van der Waals surface area (Å²) in [7, 11) is 0. The Labute approximate surface area is 191 Å². The van der Waals surface area contributed by atoms with Crippen LogP contribution in [-0.2, 0) is 0 Å². The van der Waals surface area contributed by atoms with E-state index in [0.29, 0.717) is 34.7 Å². The third-order valence-corrected chi connectivity index (χ3v) is 6.47. The summed E-state index contributed by atoms with van der Waals surface area (Å²) in [5.74, 6) is -2.30. The second kappa shape index (κ2) is 9.17. The van der Waals surface area contributed by atoms with Crippen LogP contribution in [0.25, 0.3) is 0 Å². The summed E-state index contributed by atoms with van der Waals surface area (Å²) in [6, 6.07) is 7.48. The Hall–Kier alpha value is -3.11. The number of carbonyl (C=O) groups excluding carboxylic acids is 2. The van der Waals surface area contributed by atoms with Gasteiger partial charge in [0.2, 0.25) is 5.01 Å². The van der Waals surface area contributed by atoms with Gasteiger partial charge in [0, 0.05) is 23.3 Å². The molecule has 1 unspecified atom stereocenters. The molecule has 3 aromatic rings. The monoisotopic (exact) mass is 477 g/mol. The summed E-state index contributed by atoms with van der Waals surface area (Å²) in [4.78, 5) is 26.9. The van der Waals surface area contributed by atoms with Gasteiger partial charge in [0.05, 0.1) is 11.7 Å². The van der Waals surface area contributed by atoms with Crippen LogP contribution >= 0.6 is 22.9 Å². The van der Waals surface area contributed by atoms with Crippen LogP contribution in [-0.4, -0.2) is 33.6 Å². The second-order valence-electron chi connectivity index (χ2n) is 7.27. The first-order valence-electron chi connectivity index (χ1n) is 9.75. The minimum atomic E-state index is -0.891. The zero-order valence-corrected chi connectivity index (χ0v) is 18.4. The Kier molecular flexibility index (Phi) is 6.33. The van der Waals surface area contributed by atoms with E-state index < -0.39 is 17.5 Å². The average Bonchev–Trinajstić information content (AvgIpc) is 3.42. The summed E-state index contributed by atoms with van der Waals surface area (Å²) in [6.07, 6.45) is 1.44. The first-order valence-corrected chi connectivity index (χ1v) is 10.9. The van der Waals surface area contributed by atoms with Gasteiger partial charge in [0.25, 0.3) is 5.91 Å². The molecule has 1 aliphatic rings. The molecule has 4 rings (SSSR count). The molecule has 2 heterocycles. The smallest absolute Gasteiger partial charge is 0.317 e. The molecule has 166 valence electrons. The van der Waals surface area contributed by atoms with Gasteiger partial charge < -0.3 is 15.5 Å². The van der Waals surface area contributed by atoms with Crippen molar-refractivity contribution in [2.24, 2.45) is 0 Å². The standard InChI is InChI=1S/C21H18ClF2N5O2S/c1-11-4-6-13(10-14(11)22)25-21(31)29-8-2-3-17(29)19-27-28-20(32-19)18(30)26-16-7-5-12(23)9-15(16)24/h4-7,9-10,17H,2-3,8H2,1H3,(H,25,31)(H,26,30). The van der Waals surface area contributed by atoms with Crippen LogP contribution in [0.5, 0.6) is 0 Å². The van der Waals surface area contributed by atoms with Crippen LogP contribution in [0, 0.1) is 18.6 Å². The maximum Gasteiger partial charge on any atom is 0.322 e. The Morgan fingerprint density at radius 1 is 1.16 bits per heavy atom. The number of rotatable bonds is 4. The van der Waals surface area contributed by atoms with E-state index >= 15 is 0 Å². The summed E-state index contributed by atoms with van der Waals surface area (Å²) in [5, 5.41) is 14.2. The molecule has 32 heavy (non-hydrogen) atoms. The zero-order valence-electron chi connectivity index (χ0n) is 16.9. The minimum Gasteiger partial charge on any atom is -0.317 e. The minimum absolute atomic E-state index is 0.0151. The Bertz CT molecular complexity index is 1190. The Balaban J connectivity index is 1.45. The molecule has 2 aromatic carbocycles. The molecule has 0 aliphatic carbocycles. The molecule has 2 N–H and O–H groups in total. The largest absolute Gasteiger partial charge is 0.322 e. The number of nitrogens with zero attached hydrogens (tertiary/aromatic N) is 3. The zero-order chi connectivity index (χ0) is 22.8. The van der Waals surface area contributed by atoms with Gasteiger partial charge in [0.1, 0.15) is 16.6 Å². The normalized spacial score (nSPS) is 15.6. The Morgan fingerprint density at radius 2 is 1.97 bits per heavy atom. The second-order valence-corrected chi connectivity index (χ2v) is 8.69. The van der Waals surface area contributed by atoms with Crippen molar-refractivity contribution >= 4 is 46.3 Å². The van der Waals surface area contributed by atoms with E-state index in [1.54, 1.807) is 17.0 Å². The van der Waals surface area contributed by atoms with Crippen LogP contribution < -0.4 is 10.6 Å². The summed E-state index contributed by atoms with van der Waals surface area (Å²) in [6.45, 7) is 2.40. The fraction of sp³-hybridized carbons (Fsp3) is 0.238.